The molecule has 48 heavy (non-hydrogen) atoms. The average molecular weight is 721 g/mol. The number of anilines is 1. The van der Waals surface area contributed by atoms with Crippen LogP contribution in [0.3, 0.4) is 0 Å². The van der Waals surface area contributed by atoms with Crippen LogP contribution < -0.4 is 26.4 Å². The second-order valence-corrected chi connectivity index (χ2v) is 22.1. The van der Waals surface area contributed by atoms with Gasteiger partial charge >= 0.3 is 0 Å². The van der Waals surface area contributed by atoms with Crippen molar-refractivity contribution in [2.24, 2.45) is 0 Å². The molecule has 1 aromatic carbocycles. The predicted octanol–water partition coefficient (Wildman–Crippen LogP) is 10.7. The molecule has 7 rings (SSSR count). The van der Waals surface area contributed by atoms with E-state index in [2.05, 4.69) is 96.6 Å². The summed E-state index contributed by atoms with van der Waals surface area (Å²) in [7, 11) is -2.66. The van der Waals surface area contributed by atoms with Crippen LogP contribution in [0, 0.1) is 0 Å². The summed E-state index contributed by atoms with van der Waals surface area (Å²) in [5, 5.41) is 0. The fourth-order valence-electron chi connectivity index (χ4n) is 7.53. The highest BCUT2D eigenvalue weighted by molar-refractivity contribution is 7.85. The molecule has 6 heterocycles. The Labute approximate surface area is 290 Å². The Kier molecular flexibility index (Phi) is 11.6. The van der Waals surface area contributed by atoms with Crippen LogP contribution in [0.15, 0.2) is 116 Å². The minimum absolute atomic E-state index is 0.226. The van der Waals surface area contributed by atoms with E-state index >= 15 is 0 Å². The molecule has 2 aliphatic heterocycles. The molecule has 0 amide bonds. The SMILES string of the molecule is CCCCN(P(c1ccco1)c1cc(C2CCP(N(c3ccccc3)P(c3ccco3)c3ccco3)[C@@H]2CC)co1)P1CCC[C@H]1CC. The van der Waals surface area contributed by atoms with Gasteiger partial charge in [0.15, 0.2) is 11.0 Å². The molecule has 0 aliphatic carbocycles. The average Bonchev–Trinajstić information content (AvgIpc) is 3.96. The molecule has 6 atom stereocenters. The van der Waals surface area contributed by atoms with E-state index in [4.69, 9.17) is 17.7 Å². The molecule has 6 nitrogen and oxygen atoms in total. The Morgan fingerprint density at radius 2 is 1.40 bits per heavy atom. The summed E-state index contributed by atoms with van der Waals surface area (Å²) >= 11 is 0. The van der Waals surface area contributed by atoms with Crippen molar-refractivity contribution < 1.29 is 17.7 Å². The lowest BCUT2D eigenvalue weighted by Gasteiger charge is -2.39. The van der Waals surface area contributed by atoms with Crippen molar-refractivity contribution in [3.8, 4) is 0 Å². The zero-order valence-electron chi connectivity index (χ0n) is 28.4. The van der Waals surface area contributed by atoms with Crippen LogP contribution in [0.1, 0.15) is 77.2 Å². The van der Waals surface area contributed by atoms with Gasteiger partial charge in [-0.3, -0.25) is 0 Å². The van der Waals surface area contributed by atoms with Crippen molar-refractivity contribution in [1.29, 1.82) is 0 Å². The van der Waals surface area contributed by atoms with Crippen molar-refractivity contribution in [2.75, 3.05) is 23.3 Å². The van der Waals surface area contributed by atoms with Crippen LogP contribution in [-0.4, -0.2) is 34.6 Å². The quantitative estimate of drug-likeness (QED) is 0.100. The van der Waals surface area contributed by atoms with E-state index < -0.39 is 24.2 Å². The monoisotopic (exact) mass is 720 g/mol. The van der Waals surface area contributed by atoms with E-state index in [1.807, 2.05) is 18.4 Å². The number of hydrogen-bond donors (Lipinski definition) is 0. The summed E-state index contributed by atoms with van der Waals surface area (Å²) in [4.78, 5) is 0. The molecule has 2 aliphatic rings. The molecule has 0 bridgehead atoms. The fraction of sp³-hybridized carbons (Fsp3) is 0.421. The molecule has 4 unspecified atom stereocenters. The molecule has 4 aromatic heterocycles. The molecular weight excluding hydrogens is 672 g/mol. The van der Waals surface area contributed by atoms with E-state index in [0.717, 1.165) is 53.2 Å². The lowest BCUT2D eigenvalue weighted by Crippen LogP contribution is -2.27. The highest BCUT2D eigenvalue weighted by Gasteiger charge is 2.45. The number of unbranched alkanes of at least 4 members (excludes halogenated alkanes) is 1. The van der Waals surface area contributed by atoms with Crippen LogP contribution in [0.25, 0.3) is 0 Å². The molecule has 0 spiro atoms. The van der Waals surface area contributed by atoms with Crippen molar-refractivity contribution in [3.63, 3.8) is 0 Å². The third kappa shape index (κ3) is 7.04. The van der Waals surface area contributed by atoms with Gasteiger partial charge in [0.2, 0.25) is 0 Å². The van der Waals surface area contributed by atoms with Gasteiger partial charge in [0.25, 0.3) is 0 Å². The molecule has 5 aromatic rings. The maximum Gasteiger partial charge on any atom is 0.154 e. The smallest absolute Gasteiger partial charge is 0.154 e. The van der Waals surface area contributed by atoms with Gasteiger partial charge in [0.05, 0.1) is 25.1 Å². The lowest BCUT2D eigenvalue weighted by atomic mass is 9.94. The summed E-state index contributed by atoms with van der Waals surface area (Å²) in [6, 6.07) is 25.8. The highest BCUT2D eigenvalue weighted by atomic mass is 31.2. The summed E-state index contributed by atoms with van der Waals surface area (Å²) < 4.78 is 30.8. The number of rotatable bonds is 15. The van der Waals surface area contributed by atoms with E-state index in [0.29, 0.717) is 11.6 Å². The molecule has 2 fully saturated rings. The second kappa shape index (κ2) is 16.2. The topological polar surface area (TPSA) is 59.0 Å². The molecule has 254 valence electrons. The van der Waals surface area contributed by atoms with Gasteiger partial charge < -0.3 is 22.1 Å². The number of nitrogens with zero attached hydrogens (tertiary/aromatic N) is 2. The maximum atomic E-state index is 6.70. The zero-order valence-corrected chi connectivity index (χ0v) is 31.9. The van der Waals surface area contributed by atoms with Gasteiger partial charge in [-0.25, -0.2) is 4.44 Å². The van der Waals surface area contributed by atoms with Crippen molar-refractivity contribution in [3.05, 3.63) is 103 Å². The Morgan fingerprint density at radius 1 is 0.708 bits per heavy atom. The molecule has 0 saturated carbocycles. The van der Waals surface area contributed by atoms with E-state index in [1.54, 1.807) is 12.5 Å². The second-order valence-electron chi connectivity index (χ2n) is 12.7. The van der Waals surface area contributed by atoms with E-state index in [1.165, 1.54) is 49.5 Å². The molecule has 0 radical (unpaired) electrons. The molecule has 2 saturated heterocycles. The predicted molar refractivity (Wildman–Crippen MR) is 206 cm³/mol. The van der Waals surface area contributed by atoms with E-state index in [9.17, 15) is 0 Å². The molecule has 10 heteroatoms. The fourth-order valence-corrected chi connectivity index (χ4v) is 21.1. The van der Waals surface area contributed by atoms with Gasteiger partial charge in [-0.05, 0) is 139 Å². The lowest BCUT2D eigenvalue weighted by molar-refractivity contribution is 0.565. The van der Waals surface area contributed by atoms with Crippen LogP contribution >= 0.6 is 32.3 Å². The summed E-state index contributed by atoms with van der Waals surface area (Å²) in [6.07, 6.45) is 18.7. The largest absolute Gasteiger partial charge is 0.463 e. The standard InChI is InChI=1S/C38H48N2O4P4/c1-4-7-22-39(45-26-14-17-32(45)5-2)47(35-18-11-23-41-35)38-28-30(29-44-38)33-21-27-46(34(33)6-3)40(31-15-9-8-10-16-31)48(36-19-12-24-42-36)37-20-13-25-43-37/h8-13,15-16,18-20,23-25,28-29,32-34H,4-7,14,17,21-22,26-27H2,1-3H3/t32-,33?,34-,45?,46?,47?/m1/s1. The maximum absolute atomic E-state index is 6.70. The summed E-state index contributed by atoms with van der Waals surface area (Å²) in [5.74, 6) is 0.438. The molecule has 0 N–H and O–H groups in total. The molecular formula is C38H48N2O4P4. The first-order valence-corrected chi connectivity index (χ1v) is 23.3. The van der Waals surface area contributed by atoms with E-state index in [-0.39, 0.29) is 8.07 Å². The van der Waals surface area contributed by atoms with Crippen LogP contribution in [0.5, 0.6) is 0 Å². The van der Waals surface area contributed by atoms with Gasteiger partial charge in [0.1, 0.15) is 27.1 Å². The van der Waals surface area contributed by atoms with Crippen LogP contribution in [-0.2, 0) is 0 Å². The Morgan fingerprint density at radius 3 is 2.00 bits per heavy atom. The summed E-state index contributed by atoms with van der Waals surface area (Å²) in [6.45, 7) is 8.18. The van der Waals surface area contributed by atoms with Gasteiger partial charge in [-0.1, -0.05) is 45.4 Å². The van der Waals surface area contributed by atoms with Gasteiger partial charge in [-0.15, -0.1) is 0 Å². The first kappa shape index (κ1) is 34.3. The van der Waals surface area contributed by atoms with Crippen molar-refractivity contribution in [1.82, 2.24) is 4.44 Å². The van der Waals surface area contributed by atoms with Gasteiger partial charge in [-0.2, -0.15) is 0 Å². The van der Waals surface area contributed by atoms with Gasteiger partial charge in [0, 0.05) is 17.9 Å². The minimum Gasteiger partial charge on any atom is -0.463 e. The first-order valence-electron chi connectivity index (χ1n) is 17.7. The Hall–Kier alpha value is -2.18. The normalized spacial score (nSPS) is 23.4. The number of furan rings is 4. The van der Waals surface area contributed by atoms with Crippen LogP contribution in [0.4, 0.5) is 5.69 Å². The Bertz CT molecular complexity index is 1610. The third-order valence-electron chi connectivity index (χ3n) is 9.80. The number of para-hydroxylation sites is 1. The van der Waals surface area contributed by atoms with Crippen LogP contribution in [0.2, 0.25) is 0 Å². The minimum atomic E-state index is -1.01. The zero-order chi connectivity index (χ0) is 32.9. The Balaban J connectivity index is 1.23. The number of benzene rings is 1. The van der Waals surface area contributed by atoms with Crippen molar-refractivity contribution >= 4 is 60.0 Å². The first-order chi connectivity index (χ1) is 23.7. The highest BCUT2D eigenvalue weighted by Crippen LogP contribution is 2.68. The summed E-state index contributed by atoms with van der Waals surface area (Å²) in [5.41, 5.74) is 8.05. The third-order valence-corrected chi connectivity index (χ3v) is 22.1. The van der Waals surface area contributed by atoms with Crippen molar-refractivity contribution in [2.45, 2.75) is 83.0 Å². The number of hydrogen-bond acceptors (Lipinski definition) is 6.